The highest BCUT2D eigenvalue weighted by Gasteiger charge is 2.22. The summed E-state index contributed by atoms with van der Waals surface area (Å²) in [6.45, 7) is 1.88. The van der Waals surface area contributed by atoms with Gasteiger partial charge in [-0.1, -0.05) is 0 Å². The quantitative estimate of drug-likeness (QED) is 0.589. The number of carbonyl (C=O) groups is 1. The molecule has 0 aliphatic carbocycles. The van der Waals surface area contributed by atoms with Crippen LogP contribution in [0.25, 0.3) is 0 Å². The van der Waals surface area contributed by atoms with Gasteiger partial charge in [0.1, 0.15) is 17.6 Å². The van der Waals surface area contributed by atoms with Crippen molar-refractivity contribution in [3.05, 3.63) is 27.9 Å². The monoisotopic (exact) mass is 298 g/mol. The number of anilines is 1. The summed E-state index contributed by atoms with van der Waals surface area (Å²) in [5.41, 5.74) is -0.274. The zero-order chi connectivity index (χ0) is 15.1. The van der Waals surface area contributed by atoms with Gasteiger partial charge in [0.2, 0.25) is 0 Å². The molecule has 0 aliphatic rings. The second kappa shape index (κ2) is 7.68. The third-order valence-electron chi connectivity index (χ3n) is 2.71. The number of thioether (sulfide) groups is 1. The Morgan fingerprint density at radius 2 is 2.30 bits per heavy atom. The number of hydrogen-bond acceptors (Lipinski definition) is 6. The third-order valence-corrected chi connectivity index (χ3v) is 3.36. The molecular weight excluding hydrogens is 280 g/mol. The molecule has 1 amide bonds. The minimum absolute atomic E-state index is 0.0188. The van der Waals surface area contributed by atoms with Gasteiger partial charge in [0.25, 0.3) is 11.6 Å². The highest BCUT2D eigenvalue weighted by Crippen LogP contribution is 2.20. The Hall–Kier alpha value is -1.83. The molecule has 2 N–H and O–H groups in total. The maximum Gasteiger partial charge on any atom is 0.300 e. The van der Waals surface area contributed by atoms with Gasteiger partial charge >= 0.3 is 0 Å². The molecular formula is C12H18N4O3S. The number of hydrogen-bond donors (Lipinski definition) is 2. The lowest BCUT2D eigenvalue weighted by Gasteiger charge is -2.13. The number of pyridine rings is 1. The maximum absolute atomic E-state index is 12.1. The average Bonchev–Trinajstić information content (AvgIpc) is 2.44. The van der Waals surface area contributed by atoms with Crippen LogP contribution in [0, 0.1) is 10.1 Å². The highest BCUT2D eigenvalue weighted by molar-refractivity contribution is 7.98. The lowest BCUT2D eigenvalue weighted by atomic mass is 10.2. The standard InChI is InChI=1S/C12H18N4O3S/c1-8(4-5-20-3)15-12(17)9-6-11(13-2)14-7-10(9)16(18)19/h6-8H,4-5H2,1-3H3,(H,13,14)(H,15,17). The molecule has 1 rings (SSSR count). The van der Waals surface area contributed by atoms with Gasteiger partial charge in [-0.2, -0.15) is 11.8 Å². The number of aromatic nitrogens is 1. The molecule has 1 atom stereocenters. The van der Waals surface area contributed by atoms with Gasteiger partial charge in [0, 0.05) is 19.2 Å². The summed E-state index contributed by atoms with van der Waals surface area (Å²) in [6.07, 6.45) is 3.89. The smallest absolute Gasteiger partial charge is 0.300 e. The van der Waals surface area contributed by atoms with Crippen molar-refractivity contribution in [2.45, 2.75) is 19.4 Å². The van der Waals surface area contributed by atoms with E-state index in [0.29, 0.717) is 5.82 Å². The Bertz CT molecular complexity index is 496. The number of nitro groups is 1. The van der Waals surface area contributed by atoms with Gasteiger partial charge < -0.3 is 10.6 Å². The first-order chi connectivity index (χ1) is 9.49. The summed E-state index contributed by atoms with van der Waals surface area (Å²) in [4.78, 5) is 26.3. The molecule has 0 aromatic carbocycles. The number of carbonyl (C=O) groups excluding carboxylic acids is 1. The predicted molar refractivity (Wildman–Crippen MR) is 80.4 cm³/mol. The van der Waals surface area contributed by atoms with Gasteiger partial charge in [-0.3, -0.25) is 14.9 Å². The molecule has 0 saturated heterocycles. The molecule has 0 bridgehead atoms. The van der Waals surface area contributed by atoms with E-state index in [1.54, 1.807) is 18.8 Å². The van der Waals surface area contributed by atoms with Crippen molar-refractivity contribution in [1.82, 2.24) is 10.3 Å². The summed E-state index contributed by atoms with van der Waals surface area (Å²) in [7, 11) is 1.64. The van der Waals surface area contributed by atoms with Crippen LogP contribution >= 0.6 is 11.8 Å². The summed E-state index contributed by atoms with van der Waals surface area (Å²) >= 11 is 1.69. The minimum atomic E-state index is -0.603. The van der Waals surface area contributed by atoms with Crippen LogP contribution in [-0.4, -0.2) is 40.9 Å². The first kappa shape index (κ1) is 16.2. The van der Waals surface area contributed by atoms with Crippen molar-refractivity contribution in [2.24, 2.45) is 0 Å². The summed E-state index contributed by atoms with van der Waals surface area (Å²) in [5.74, 6) is 0.878. The van der Waals surface area contributed by atoms with E-state index in [-0.39, 0.29) is 17.3 Å². The van der Waals surface area contributed by atoms with Crippen LogP contribution in [0.5, 0.6) is 0 Å². The molecule has 0 fully saturated rings. The second-order valence-electron chi connectivity index (χ2n) is 4.25. The molecule has 110 valence electrons. The van der Waals surface area contributed by atoms with E-state index < -0.39 is 10.8 Å². The maximum atomic E-state index is 12.1. The zero-order valence-electron chi connectivity index (χ0n) is 11.7. The van der Waals surface area contributed by atoms with Crippen LogP contribution in [-0.2, 0) is 0 Å². The first-order valence-electron chi connectivity index (χ1n) is 6.11. The van der Waals surface area contributed by atoms with Gasteiger partial charge in [-0.05, 0) is 25.4 Å². The van der Waals surface area contributed by atoms with Gasteiger partial charge in [-0.25, -0.2) is 4.98 Å². The Morgan fingerprint density at radius 1 is 1.60 bits per heavy atom. The fraction of sp³-hybridized carbons (Fsp3) is 0.500. The van der Waals surface area contributed by atoms with E-state index in [2.05, 4.69) is 15.6 Å². The Balaban J connectivity index is 2.92. The number of nitrogens with zero attached hydrogens (tertiary/aromatic N) is 2. The molecule has 7 nitrogen and oxygen atoms in total. The van der Waals surface area contributed by atoms with Crippen molar-refractivity contribution in [1.29, 1.82) is 0 Å². The molecule has 8 heteroatoms. The molecule has 1 aromatic heterocycles. The van der Waals surface area contributed by atoms with Crippen LogP contribution in [0.3, 0.4) is 0 Å². The number of nitrogens with one attached hydrogen (secondary N) is 2. The van der Waals surface area contributed by atoms with Gasteiger partial charge in [0.05, 0.1) is 4.92 Å². The summed E-state index contributed by atoms with van der Waals surface area (Å²) in [6, 6.07) is 1.34. The van der Waals surface area contributed by atoms with E-state index in [4.69, 9.17) is 0 Å². The van der Waals surface area contributed by atoms with Crippen LogP contribution in [0.4, 0.5) is 11.5 Å². The van der Waals surface area contributed by atoms with Crippen molar-refractivity contribution < 1.29 is 9.72 Å². The van der Waals surface area contributed by atoms with Crippen LogP contribution < -0.4 is 10.6 Å². The fourth-order valence-electron chi connectivity index (χ4n) is 1.58. The van der Waals surface area contributed by atoms with Crippen molar-refractivity contribution >= 4 is 29.2 Å². The second-order valence-corrected chi connectivity index (χ2v) is 5.24. The summed E-state index contributed by atoms with van der Waals surface area (Å²) < 4.78 is 0. The lowest BCUT2D eigenvalue weighted by molar-refractivity contribution is -0.385. The highest BCUT2D eigenvalue weighted by atomic mass is 32.2. The lowest BCUT2D eigenvalue weighted by Crippen LogP contribution is -2.33. The van der Waals surface area contributed by atoms with Gasteiger partial charge in [-0.15, -0.1) is 0 Å². The van der Waals surface area contributed by atoms with E-state index in [1.165, 1.54) is 6.07 Å². The zero-order valence-corrected chi connectivity index (χ0v) is 12.5. The molecule has 1 unspecified atom stereocenters. The first-order valence-corrected chi connectivity index (χ1v) is 7.51. The van der Waals surface area contributed by atoms with E-state index in [1.807, 2.05) is 13.2 Å². The van der Waals surface area contributed by atoms with Crippen molar-refractivity contribution in [2.75, 3.05) is 24.4 Å². The van der Waals surface area contributed by atoms with Crippen LogP contribution in [0.2, 0.25) is 0 Å². The van der Waals surface area contributed by atoms with E-state index in [0.717, 1.165) is 18.4 Å². The Morgan fingerprint density at radius 3 is 2.85 bits per heavy atom. The normalized spacial score (nSPS) is 11.8. The van der Waals surface area contributed by atoms with Crippen molar-refractivity contribution in [3.63, 3.8) is 0 Å². The van der Waals surface area contributed by atoms with Crippen LogP contribution in [0.15, 0.2) is 12.3 Å². The third kappa shape index (κ3) is 4.37. The summed E-state index contributed by atoms with van der Waals surface area (Å²) in [5, 5.41) is 16.5. The molecule has 20 heavy (non-hydrogen) atoms. The Kier molecular flexibility index (Phi) is 6.23. The topological polar surface area (TPSA) is 97.2 Å². The molecule has 0 spiro atoms. The number of amides is 1. The van der Waals surface area contributed by atoms with Gasteiger partial charge in [0.15, 0.2) is 0 Å². The molecule has 0 radical (unpaired) electrons. The molecule has 1 heterocycles. The fourth-order valence-corrected chi connectivity index (χ4v) is 2.17. The molecule has 1 aromatic rings. The SMILES string of the molecule is CNc1cc(C(=O)NC(C)CCSC)c([N+](=O)[O-])cn1. The minimum Gasteiger partial charge on any atom is -0.373 e. The van der Waals surface area contributed by atoms with Crippen LogP contribution in [0.1, 0.15) is 23.7 Å². The molecule has 0 aliphatic heterocycles. The van der Waals surface area contributed by atoms with E-state index >= 15 is 0 Å². The predicted octanol–water partition coefficient (Wildman–Crippen LogP) is 1.90. The van der Waals surface area contributed by atoms with Crippen molar-refractivity contribution in [3.8, 4) is 0 Å². The molecule has 0 saturated carbocycles. The Labute approximate surface area is 121 Å². The number of rotatable bonds is 7. The largest absolute Gasteiger partial charge is 0.373 e. The van der Waals surface area contributed by atoms with E-state index in [9.17, 15) is 14.9 Å². The average molecular weight is 298 g/mol.